The zero-order valence-corrected chi connectivity index (χ0v) is 34.2. The van der Waals surface area contributed by atoms with Gasteiger partial charge in [-0.25, -0.2) is 4.79 Å². The molecule has 4 fully saturated rings. The Bertz CT molecular complexity index is 1690. The Balaban J connectivity index is 1.87. The third-order valence-corrected chi connectivity index (χ3v) is 13.8. The fraction of sp³-hybridized carbons (Fsp3) is 0.732. The van der Waals surface area contributed by atoms with Crippen molar-refractivity contribution in [3.63, 3.8) is 0 Å². The van der Waals surface area contributed by atoms with Crippen molar-refractivity contribution in [3.8, 4) is 0 Å². The first-order valence-electron chi connectivity index (χ1n) is 19.6. The highest BCUT2D eigenvalue weighted by Crippen LogP contribution is 2.70. The van der Waals surface area contributed by atoms with Crippen molar-refractivity contribution in [1.29, 1.82) is 0 Å². The summed E-state index contributed by atoms with van der Waals surface area (Å²) in [4.78, 5) is 66.9. The van der Waals surface area contributed by atoms with E-state index in [-0.39, 0.29) is 25.1 Å². The average Bonchev–Trinajstić information content (AvgIpc) is 3.86. The van der Waals surface area contributed by atoms with Crippen LogP contribution in [0.25, 0.3) is 0 Å². The molecule has 318 valence electrons. The van der Waals surface area contributed by atoms with Crippen LogP contribution in [0.15, 0.2) is 35.2 Å². The van der Waals surface area contributed by atoms with Gasteiger partial charge in [-0.15, -0.1) is 0 Å². The number of esters is 4. The number of aliphatic hydroxyl groups excluding tert-OH is 1. The van der Waals surface area contributed by atoms with Crippen molar-refractivity contribution in [2.75, 3.05) is 13.7 Å². The second-order valence-electron chi connectivity index (χ2n) is 16.9. The van der Waals surface area contributed by atoms with Crippen molar-refractivity contribution in [2.24, 2.45) is 34.5 Å². The second-order valence-corrected chi connectivity index (χ2v) is 16.9. The minimum absolute atomic E-state index is 0.0552. The summed E-state index contributed by atoms with van der Waals surface area (Å²) in [5, 5.41) is 36.6. The van der Waals surface area contributed by atoms with Gasteiger partial charge in [0.2, 0.25) is 0 Å². The first-order chi connectivity index (χ1) is 26.6. The summed E-state index contributed by atoms with van der Waals surface area (Å²) in [7, 11) is 1.18. The quantitative estimate of drug-likeness (QED) is 0.106. The van der Waals surface area contributed by atoms with Crippen LogP contribution in [0.2, 0.25) is 0 Å². The molecule has 2 bridgehead atoms. The van der Waals surface area contributed by atoms with Gasteiger partial charge in [0.25, 0.3) is 12.4 Å². The summed E-state index contributed by atoms with van der Waals surface area (Å²) >= 11 is 0. The Kier molecular flexibility index (Phi) is 12.5. The van der Waals surface area contributed by atoms with E-state index in [9.17, 15) is 39.3 Å². The summed E-state index contributed by atoms with van der Waals surface area (Å²) in [5.74, 6) is -10.1. The van der Waals surface area contributed by atoms with Crippen molar-refractivity contribution in [3.05, 3.63) is 36.3 Å². The van der Waals surface area contributed by atoms with Gasteiger partial charge in [0.1, 0.15) is 30.0 Å². The predicted octanol–water partition coefficient (Wildman–Crippen LogP) is 3.48. The van der Waals surface area contributed by atoms with Crippen LogP contribution in [0, 0.1) is 34.5 Å². The van der Waals surface area contributed by atoms with Crippen molar-refractivity contribution >= 4 is 30.3 Å². The number of carbonyl (C=O) groups excluding carboxylic acids is 5. The molecule has 15 atom stereocenters. The molecule has 0 aromatic carbocycles. The molecule has 1 aromatic rings. The van der Waals surface area contributed by atoms with Gasteiger partial charge in [0.15, 0.2) is 6.10 Å². The molecule has 0 radical (unpaired) electrons. The van der Waals surface area contributed by atoms with Crippen molar-refractivity contribution < 1.29 is 76.9 Å². The highest BCUT2D eigenvalue weighted by Gasteiger charge is 2.79. The Hall–Kier alpha value is -3.83. The van der Waals surface area contributed by atoms with Gasteiger partial charge in [-0.1, -0.05) is 54.5 Å². The van der Waals surface area contributed by atoms with Crippen molar-refractivity contribution in [2.45, 2.75) is 141 Å². The van der Waals surface area contributed by atoms with E-state index in [1.165, 1.54) is 19.6 Å². The van der Waals surface area contributed by atoms with Crippen LogP contribution in [-0.4, -0.2) is 107 Å². The number of fused-ring (bicyclic) bond motifs is 3. The molecule has 1 aromatic heterocycles. The zero-order valence-electron chi connectivity index (χ0n) is 34.2. The van der Waals surface area contributed by atoms with E-state index in [1.54, 1.807) is 54.5 Å². The van der Waals surface area contributed by atoms with E-state index in [4.69, 9.17) is 37.6 Å². The van der Waals surface area contributed by atoms with E-state index in [1.807, 2.05) is 0 Å². The van der Waals surface area contributed by atoms with Crippen LogP contribution in [0.4, 0.5) is 0 Å². The molecule has 16 heteroatoms. The third kappa shape index (κ3) is 7.19. The first-order valence-corrected chi connectivity index (χ1v) is 19.6. The zero-order chi connectivity index (χ0) is 42.5. The molecule has 0 spiro atoms. The van der Waals surface area contributed by atoms with Gasteiger partial charge in [0, 0.05) is 30.1 Å². The maximum atomic E-state index is 14.1. The van der Waals surface area contributed by atoms with Gasteiger partial charge in [-0.2, -0.15) is 0 Å². The molecule has 4 aliphatic rings. The summed E-state index contributed by atoms with van der Waals surface area (Å²) in [6.07, 6.45) is -5.04. The number of hydrogen-bond acceptors (Lipinski definition) is 16. The number of rotatable bonds is 14. The largest absolute Gasteiger partial charge is 0.472 e. The smallest absolute Gasteiger partial charge is 0.335 e. The van der Waals surface area contributed by atoms with Crippen molar-refractivity contribution in [1.82, 2.24) is 0 Å². The summed E-state index contributed by atoms with van der Waals surface area (Å²) < 4.78 is 47.1. The maximum Gasteiger partial charge on any atom is 0.335 e. The molecule has 3 N–H and O–H groups in total. The molecule has 2 aliphatic carbocycles. The minimum atomic E-state index is -2.34. The molecule has 2 saturated heterocycles. The lowest BCUT2D eigenvalue weighted by Gasteiger charge is -2.62. The Labute approximate surface area is 332 Å². The van der Waals surface area contributed by atoms with E-state index < -0.39 is 125 Å². The third-order valence-electron chi connectivity index (χ3n) is 13.8. The summed E-state index contributed by atoms with van der Waals surface area (Å²) in [6.45, 7) is 17.2. The Morgan fingerprint density at radius 1 is 1.04 bits per heavy atom. The van der Waals surface area contributed by atoms with E-state index in [2.05, 4.69) is 6.58 Å². The summed E-state index contributed by atoms with van der Waals surface area (Å²) in [6, 6.07) is 1.65. The average molecular weight is 807 g/mol. The Morgan fingerprint density at radius 2 is 1.72 bits per heavy atom. The molecule has 16 nitrogen and oxygen atoms in total. The molecular formula is C41H58O16. The number of ether oxygens (including phenoxy) is 7. The lowest BCUT2D eigenvalue weighted by molar-refractivity contribution is -0.328. The van der Waals surface area contributed by atoms with Gasteiger partial charge < -0.3 is 52.9 Å². The van der Waals surface area contributed by atoms with Crippen LogP contribution < -0.4 is 0 Å². The minimum Gasteiger partial charge on any atom is -0.472 e. The fourth-order valence-corrected chi connectivity index (χ4v) is 10.2. The number of methoxy groups -OCH3 is 1. The molecule has 0 unspecified atom stereocenters. The number of aliphatic hydroxyl groups is 3. The molecule has 2 saturated carbocycles. The number of hydrogen-bond donors (Lipinski definition) is 3. The normalized spacial score (nSPS) is 40.1. The monoisotopic (exact) mass is 806 g/mol. The first kappa shape index (κ1) is 44.3. The van der Waals surface area contributed by atoms with Gasteiger partial charge >= 0.3 is 23.9 Å². The molecular weight excluding hydrogens is 748 g/mol. The highest BCUT2D eigenvalue weighted by molar-refractivity contribution is 5.75. The van der Waals surface area contributed by atoms with E-state index >= 15 is 0 Å². The van der Waals surface area contributed by atoms with E-state index in [0.717, 1.165) is 6.92 Å². The van der Waals surface area contributed by atoms with Gasteiger partial charge in [-0.05, 0) is 42.9 Å². The molecule has 0 amide bonds. The van der Waals surface area contributed by atoms with E-state index in [0.29, 0.717) is 18.4 Å². The van der Waals surface area contributed by atoms with Crippen LogP contribution in [0.1, 0.15) is 99.0 Å². The van der Waals surface area contributed by atoms with Crippen LogP contribution in [0.5, 0.6) is 0 Å². The van der Waals surface area contributed by atoms with Crippen LogP contribution >= 0.6 is 0 Å². The topological polar surface area (TPSA) is 224 Å². The predicted molar refractivity (Wildman–Crippen MR) is 196 cm³/mol. The number of carbonyl (C=O) groups is 5. The van der Waals surface area contributed by atoms with Gasteiger partial charge in [-0.3, -0.25) is 19.2 Å². The fourth-order valence-electron chi connectivity index (χ4n) is 10.2. The second kappa shape index (κ2) is 16.1. The molecule has 2 aliphatic heterocycles. The van der Waals surface area contributed by atoms with Crippen LogP contribution in [-0.2, 0) is 57.1 Å². The Morgan fingerprint density at radius 3 is 2.28 bits per heavy atom. The van der Waals surface area contributed by atoms with Gasteiger partial charge in [0.05, 0.1) is 56.0 Å². The molecule has 57 heavy (non-hydrogen) atoms. The lowest BCUT2D eigenvalue weighted by atomic mass is 9.46. The molecule has 3 heterocycles. The van der Waals surface area contributed by atoms with Crippen LogP contribution in [0.3, 0.4) is 0 Å². The lowest BCUT2D eigenvalue weighted by Crippen LogP contribution is -2.72. The number of furan rings is 1. The standard InChI is InChI=1S/C41H58O16/c1-11-21(3)32(45)36(47)56-34-33(52-20-42)31(38(8)27(16-30(44)50-10)37(7)19-53-40(48,57-37)17-29(38)54-24(6)43)23(5)41(49)28(55-35(46)22(4)12-2)15-26(39(34,41)9)25-13-14-51-18-25/h13-14,18,20-22,26-29,31-34,45,48-49H,5,11-12,15-17,19H2,1-4,6-10H3/t21-,22+,26+,27+,28-,29+,31-,32-,33-,34+,37-,38-,39-,40+,41-/m1/s1. The molecule has 5 rings (SSSR count). The summed E-state index contributed by atoms with van der Waals surface area (Å²) in [5.41, 5.74) is -6.89. The maximum absolute atomic E-state index is 14.1. The highest BCUT2D eigenvalue weighted by atomic mass is 16.9. The SMILES string of the molecule is C=C1[C@@H]([C@@]2(C)[C@@H](OC(C)=O)C[C@]3(O)OC[C@@](C)(O3)[C@@H]2CC(=O)OC)[C@@H](OC=O)[C@H](OC(=O)[C@H](O)[C@H](C)CC)[C@@]2(C)[C@H](c3ccoc3)C[C@@H](OC(=O)[C@@H](C)CC)[C@]12O.